The van der Waals surface area contributed by atoms with Crippen LogP contribution in [-0.2, 0) is 50.7 Å². The molecule has 1 saturated heterocycles. The van der Waals surface area contributed by atoms with Gasteiger partial charge in [-0.1, -0.05) is 43.8 Å². The number of hydrogen-bond donors (Lipinski definition) is 9. The number of carbonyl (C=O) groups excluding carboxylic acids is 3. The Hall–Kier alpha value is -2.96. The first-order valence-electron chi connectivity index (χ1n) is 16.5. The minimum atomic E-state index is -5.57. The summed E-state index contributed by atoms with van der Waals surface area (Å²) in [6, 6.07) is 0. The molecule has 0 aromatic carbocycles. The van der Waals surface area contributed by atoms with E-state index in [1.807, 2.05) is 12.2 Å². The highest BCUT2D eigenvalue weighted by Gasteiger charge is 2.50. The summed E-state index contributed by atoms with van der Waals surface area (Å²) in [5.41, 5.74) is 4.87. The summed E-state index contributed by atoms with van der Waals surface area (Å²) in [4.78, 5) is 87.8. The van der Waals surface area contributed by atoms with Crippen molar-refractivity contribution >= 4 is 69.1 Å². The lowest BCUT2D eigenvalue weighted by Crippen LogP contribution is -2.46. The van der Waals surface area contributed by atoms with Crippen LogP contribution in [0.5, 0.6) is 0 Å². The molecule has 0 radical (unpaired) electrons. The molecule has 0 bridgehead atoms. The molecular weight excluding hydrogens is 831 g/mol. The highest BCUT2D eigenvalue weighted by Crippen LogP contribution is 2.61. The summed E-state index contributed by atoms with van der Waals surface area (Å²) in [5, 5.41) is 26.3. The number of imidazole rings is 1. The van der Waals surface area contributed by atoms with Crippen LogP contribution >= 0.6 is 35.2 Å². The van der Waals surface area contributed by atoms with Crippen molar-refractivity contribution in [2.75, 3.05) is 37.8 Å². The maximum atomic E-state index is 12.7. The van der Waals surface area contributed by atoms with Gasteiger partial charge in [-0.05, 0) is 12.8 Å². The Labute approximate surface area is 322 Å². The Balaban J connectivity index is 1.23. The van der Waals surface area contributed by atoms with Crippen molar-refractivity contribution in [3.8, 4) is 0 Å². The topological polar surface area (TPSA) is 364 Å². The minimum Gasteiger partial charge on any atom is -0.386 e. The van der Waals surface area contributed by atoms with E-state index in [2.05, 4.69) is 34.4 Å². The van der Waals surface area contributed by atoms with E-state index in [1.54, 1.807) is 6.08 Å². The number of amides is 2. The number of nitrogens with two attached hydrogens (primary N) is 1. The molecule has 10 N–H and O–H groups in total. The zero-order valence-corrected chi connectivity index (χ0v) is 33.2. The molecule has 2 aromatic rings. The van der Waals surface area contributed by atoms with Gasteiger partial charge in [-0.3, -0.25) is 32.5 Å². The first-order valence-corrected chi connectivity index (χ1v) is 22.0. The Morgan fingerprint density at radius 2 is 1.79 bits per heavy atom. The summed E-state index contributed by atoms with van der Waals surface area (Å²) in [6.45, 7) is 0.487. The van der Waals surface area contributed by atoms with Gasteiger partial charge in [0.05, 0.1) is 19.5 Å². The summed E-state index contributed by atoms with van der Waals surface area (Å²) in [7, 11) is -16.4. The predicted molar refractivity (Wildman–Crippen MR) is 194 cm³/mol. The third kappa shape index (κ3) is 13.0. The number of fused-ring (bicyclic) bond motifs is 1. The molecule has 312 valence electrons. The molecule has 56 heavy (non-hydrogen) atoms. The summed E-state index contributed by atoms with van der Waals surface area (Å²) in [5.74, 6) is -1.12. The maximum Gasteiger partial charge on any atom is 0.481 e. The average Bonchev–Trinajstić information content (AvgIpc) is 3.68. The fraction of sp³-hybridized carbons (Fsp3) is 0.571. The van der Waals surface area contributed by atoms with Gasteiger partial charge in [0.25, 0.3) is 0 Å². The molecule has 7 unspecified atom stereocenters. The Kier molecular flexibility index (Phi) is 15.7. The van der Waals surface area contributed by atoms with Gasteiger partial charge in [0, 0.05) is 36.3 Å². The molecule has 24 nitrogen and oxygen atoms in total. The van der Waals surface area contributed by atoms with E-state index < -0.39 is 84.6 Å². The molecule has 1 aliphatic heterocycles. The molecule has 1 aliphatic carbocycles. The highest BCUT2D eigenvalue weighted by molar-refractivity contribution is 8.14. The van der Waals surface area contributed by atoms with E-state index in [1.165, 1.54) is 13.8 Å². The second-order valence-electron chi connectivity index (χ2n) is 12.8. The standard InChI is InChI=1S/C28H42N7O17P3S/c1-28(2,22(38)25(39)31-9-8-18(36)30-10-11-56-27(40)16-6-4-3-5-7-16)13-49-55(46,47)52-54(44,45)48-12-17-21(51-53(41,42)43)20(37)26(50-17)35-15-34-19-23(29)32-14-33-24(19)35/h4,6-7,14-15,17,20-22,26,37-38H,3,5,8-13H2,1-2H3,(H,30,36)(H,31,39)(H,44,45)(H,46,47)(H2,29,32,33)(H2,41,42,43). The van der Waals surface area contributed by atoms with E-state index in [4.69, 9.17) is 19.5 Å². The molecule has 2 amide bonds. The van der Waals surface area contributed by atoms with Gasteiger partial charge < -0.3 is 50.9 Å². The third-order valence-electron chi connectivity index (χ3n) is 7.97. The molecule has 28 heteroatoms. The number of aliphatic hydroxyl groups excluding tert-OH is 2. The van der Waals surface area contributed by atoms with Crippen molar-refractivity contribution in [2.45, 2.75) is 63.8 Å². The van der Waals surface area contributed by atoms with Gasteiger partial charge in [0.2, 0.25) is 16.9 Å². The number of ether oxygens (including phenoxy) is 1. The SMILES string of the molecule is CC(C)(COP(=O)(O)OP(=O)(O)OCC1OC(n2cnc3c(N)ncnc32)C(O)C1OP(=O)(O)O)C(O)C(=O)NCCC(=O)NCCSC(=O)C1=CCCC=C1. The molecule has 7 atom stereocenters. The molecular formula is C28H42N7O17P3S. The summed E-state index contributed by atoms with van der Waals surface area (Å²) < 4.78 is 62.1. The number of nitrogens with one attached hydrogen (secondary N) is 2. The number of allylic oxidation sites excluding steroid dienone is 3. The molecule has 0 spiro atoms. The monoisotopic (exact) mass is 873 g/mol. The molecule has 3 heterocycles. The van der Waals surface area contributed by atoms with Crippen LogP contribution < -0.4 is 16.4 Å². The van der Waals surface area contributed by atoms with Crippen LogP contribution in [0, 0.1) is 5.41 Å². The van der Waals surface area contributed by atoms with Crippen LogP contribution in [0.4, 0.5) is 5.82 Å². The van der Waals surface area contributed by atoms with E-state index in [-0.39, 0.29) is 41.6 Å². The zero-order chi connectivity index (χ0) is 41.5. The highest BCUT2D eigenvalue weighted by atomic mass is 32.2. The fourth-order valence-electron chi connectivity index (χ4n) is 5.12. The van der Waals surface area contributed by atoms with E-state index in [0.717, 1.165) is 41.8 Å². The average molecular weight is 874 g/mol. The van der Waals surface area contributed by atoms with Crippen LogP contribution in [0.1, 0.15) is 39.3 Å². The van der Waals surface area contributed by atoms with Gasteiger partial charge in [0.15, 0.2) is 17.7 Å². The number of nitrogen functional groups attached to an aromatic ring is 1. The lowest BCUT2D eigenvalue weighted by molar-refractivity contribution is -0.137. The quantitative estimate of drug-likeness (QED) is 0.0621. The number of phosphoric acid groups is 3. The number of aliphatic hydroxyl groups is 2. The Morgan fingerprint density at radius 3 is 2.46 bits per heavy atom. The maximum absolute atomic E-state index is 12.7. The largest absolute Gasteiger partial charge is 0.481 e. The second-order valence-corrected chi connectivity index (χ2v) is 18.1. The molecule has 1 fully saturated rings. The minimum absolute atomic E-state index is 0.0305. The third-order valence-corrected chi connectivity index (χ3v) is 12.0. The van der Waals surface area contributed by atoms with Gasteiger partial charge in [0.1, 0.15) is 36.3 Å². The number of hydrogen-bond acceptors (Lipinski definition) is 18. The molecule has 0 saturated carbocycles. The summed E-state index contributed by atoms with van der Waals surface area (Å²) in [6.07, 6.45) is 0.272. The molecule has 2 aliphatic rings. The van der Waals surface area contributed by atoms with Crippen LogP contribution in [0.25, 0.3) is 11.2 Å². The predicted octanol–water partition coefficient (Wildman–Crippen LogP) is -0.0589. The van der Waals surface area contributed by atoms with Gasteiger partial charge in [-0.25, -0.2) is 28.6 Å². The number of thioether (sulfide) groups is 1. The normalized spacial score (nSPS) is 22.9. The second kappa shape index (κ2) is 19.2. The lowest BCUT2D eigenvalue weighted by atomic mass is 9.87. The van der Waals surface area contributed by atoms with Crippen molar-refractivity contribution < 1.29 is 80.5 Å². The molecule has 2 aromatic heterocycles. The number of aromatic nitrogens is 4. The van der Waals surface area contributed by atoms with Crippen LogP contribution in [0.15, 0.2) is 36.5 Å². The van der Waals surface area contributed by atoms with Gasteiger partial charge in [-0.15, -0.1) is 0 Å². The van der Waals surface area contributed by atoms with Gasteiger partial charge >= 0.3 is 23.5 Å². The van der Waals surface area contributed by atoms with Crippen LogP contribution in [0.3, 0.4) is 0 Å². The zero-order valence-electron chi connectivity index (χ0n) is 29.7. The van der Waals surface area contributed by atoms with Gasteiger partial charge in [-0.2, -0.15) is 4.31 Å². The van der Waals surface area contributed by atoms with Crippen molar-refractivity contribution in [2.24, 2.45) is 5.41 Å². The smallest absolute Gasteiger partial charge is 0.386 e. The number of phosphoric ester groups is 3. The van der Waals surface area contributed by atoms with Crippen molar-refractivity contribution in [1.29, 1.82) is 0 Å². The van der Waals surface area contributed by atoms with Crippen molar-refractivity contribution in [3.05, 3.63) is 36.5 Å². The van der Waals surface area contributed by atoms with Crippen LogP contribution in [0.2, 0.25) is 0 Å². The lowest BCUT2D eigenvalue weighted by Gasteiger charge is -2.30. The Morgan fingerprint density at radius 1 is 1.07 bits per heavy atom. The van der Waals surface area contributed by atoms with E-state index in [9.17, 15) is 57.9 Å². The Bertz CT molecular complexity index is 1960. The van der Waals surface area contributed by atoms with E-state index in [0.29, 0.717) is 11.3 Å². The molecule has 4 rings (SSSR count). The van der Waals surface area contributed by atoms with Crippen molar-refractivity contribution in [1.82, 2.24) is 30.2 Å². The summed E-state index contributed by atoms with van der Waals surface area (Å²) >= 11 is 1.06. The number of rotatable bonds is 20. The number of anilines is 1. The first kappa shape index (κ1) is 45.7. The van der Waals surface area contributed by atoms with Crippen molar-refractivity contribution in [3.63, 3.8) is 0 Å². The van der Waals surface area contributed by atoms with Crippen LogP contribution in [-0.4, -0.2) is 123 Å². The van der Waals surface area contributed by atoms with E-state index >= 15 is 0 Å². The first-order chi connectivity index (χ1) is 26.1. The number of nitrogens with zero attached hydrogens (tertiary/aromatic N) is 4. The number of carbonyl (C=O) groups is 3. The fourth-order valence-corrected chi connectivity index (χ4v) is 8.66.